The van der Waals surface area contributed by atoms with Gasteiger partial charge in [0.2, 0.25) is 0 Å². The van der Waals surface area contributed by atoms with Crippen LogP contribution in [0.5, 0.6) is 0 Å². The maximum absolute atomic E-state index is 10.6. The molecule has 0 unspecified atom stereocenters. The number of hydrogen-bond donors (Lipinski definition) is 1. The molecule has 0 aliphatic carbocycles. The highest BCUT2D eigenvalue weighted by molar-refractivity contribution is 7.99. The van der Waals surface area contributed by atoms with Gasteiger partial charge in [0.15, 0.2) is 0 Å². The molecular weight excluding hydrogens is 184 g/mol. The number of benzene rings is 1. The average Bonchev–Trinajstić information content (AvgIpc) is 2.15. The van der Waals surface area contributed by atoms with Gasteiger partial charge in [-0.05, 0) is 18.2 Å². The summed E-state index contributed by atoms with van der Waals surface area (Å²) in [7, 11) is 0. The van der Waals surface area contributed by atoms with Crippen LogP contribution in [0.25, 0.3) is 0 Å². The van der Waals surface area contributed by atoms with Gasteiger partial charge >= 0.3 is 5.97 Å². The number of thioether (sulfide) groups is 1. The summed E-state index contributed by atoms with van der Waals surface area (Å²) in [6, 6.07) is 6.73. The Kier molecular flexibility index (Phi) is 3.41. The largest absolute Gasteiger partial charge is 0.478 e. The molecule has 1 rings (SSSR count). The van der Waals surface area contributed by atoms with Crippen LogP contribution in [0.2, 0.25) is 0 Å². The van der Waals surface area contributed by atoms with E-state index in [1.807, 2.05) is 6.07 Å². The van der Waals surface area contributed by atoms with Crippen molar-refractivity contribution in [3.05, 3.63) is 29.8 Å². The summed E-state index contributed by atoms with van der Waals surface area (Å²) in [5.74, 6) is 2.13. The zero-order valence-corrected chi connectivity index (χ0v) is 7.67. The molecule has 0 aliphatic rings. The smallest absolute Gasteiger partial charge is 0.335 e. The highest BCUT2D eigenvalue weighted by Crippen LogP contribution is 2.18. The van der Waals surface area contributed by atoms with Gasteiger partial charge in [-0.1, -0.05) is 12.0 Å². The number of terminal acetylenes is 1. The van der Waals surface area contributed by atoms with Crippen LogP contribution in [-0.4, -0.2) is 16.8 Å². The van der Waals surface area contributed by atoms with E-state index in [4.69, 9.17) is 11.5 Å². The molecule has 1 N–H and O–H groups in total. The van der Waals surface area contributed by atoms with Crippen LogP contribution in [0, 0.1) is 12.3 Å². The molecule has 0 aromatic heterocycles. The number of hydrogen-bond acceptors (Lipinski definition) is 2. The van der Waals surface area contributed by atoms with Crippen molar-refractivity contribution >= 4 is 17.7 Å². The molecule has 2 nitrogen and oxygen atoms in total. The van der Waals surface area contributed by atoms with Crippen molar-refractivity contribution in [1.82, 2.24) is 0 Å². The molecule has 0 bridgehead atoms. The van der Waals surface area contributed by atoms with Crippen molar-refractivity contribution in [1.29, 1.82) is 0 Å². The zero-order chi connectivity index (χ0) is 9.68. The van der Waals surface area contributed by atoms with Gasteiger partial charge in [-0.2, -0.15) is 0 Å². The minimum absolute atomic E-state index is 0.294. The Morgan fingerprint density at radius 3 is 3.00 bits per heavy atom. The molecule has 0 heterocycles. The SMILES string of the molecule is C#CCSc1cccc(C(=O)O)c1. The van der Waals surface area contributed by atoms with E-state index in [-0.39, 0.29) is 0 Å². The normalized spacial score (nSPS) is 9.15. The van der Waals surface area contributed by atoms with E-state index in [1.165, 1.54) is 11.8 Å². The van der Waals surface area contributed by atoms with E-state index >= 15 is 0 Å². The third-order valence-corrected chi connectivity index (χ3v) is 2.30. The number of rotatable bonds is 3. The molecule has 0 saturated heterocycles. The monoisotopic (exact) mass is 192 g/mol. The van der Waals surface area contributed by atoms with Crippen LogP contribution >= 0.6 is 11.8 Å². The molecule has 13 heavy (non-hydrogen) atoms. The van der Waals surface area contributed by atoms with Gasteiger partial charge in [0.25, 0.3) is 0 Å². The predicted molar refractivity (Wildman–Crippen MR) is 53.0 cm³/mol. The van der Waals surface area contributed by atoms with E-state index in [0.717, 1.165) is 4.90 Å². The molecule has 66 valence electrons. The molecule has 1 aromatic rings. The molecule has 0 radical (unpaired) electrons. The molecule has 0 aliphatic heterocycles. The van der Waals surface area contributed by atoms with Crippen molar-refractivity contribution in [2.75, 3.05) is 5.75 Å². The van der Waals surface area contributed by atoms with Crippen molar-refractivity contribution in [3.63, 3.8) is 0 Å². The second-order valence-corrected chi connectivity index (χ2v) is 3.37. The Bertz CT molecular complexity index is 352. The molecule has 0 fully saturated rings. The summed E-state index contributed by atoms with van der Waals surface area (Å²) in [5, 5.41) is 8.69. The number of carboxylic acids is 1. The van der Waals surface area contributed by atoms with Crippen LogP contribution < -0.4 is 0 Å². The second kappa shape index (κ2) is 4.58. The van der Waals surface area contributed by atoms with Crippen molar-refractivity contribution in [2.45, 2.75) is 4.90 Å². The third-order valence-electron chi connectivity index (χ3n) is 1.40. The van der Waals surface area contributed by atoms with E-state index in [0.29, 0.717) is 11.3 Å². The topological polar surface area (TPSA) is 37.3 Å². The fourth-order valence-corrected chi connectivity index (χ4v) is 1.48. The van der Waals surface area contributed by atoms with Gasteiger partial charge in [0, 0.05) is 4.90 Å². The van der Waals surface area contributed by atoms with Gasteiger partial charge in [-0.15, -0.1) is 18.2 Å². The summed E-state index contributed by atoms with van der Waals surface area (Å²) in [6.07, 6.45) is 5.09. The zero-order valence-electron chi connectivity index (χ0n) is 6.86. The van der Waals surface area contributed by atoms with Gasteiger partial charge < -0.3 is 5.11 Å². The second-order valence-electron chi connectivity index (χ2n) is 2.33. The van der Waals surface area contributed by atoms with E-state index < -0.39 is 5.97 Å². The van der Waals surface area contributed by atoms with Crippen LogP contribution in [0.3, 0.4) is 0 Å². The fraction of sp³-hybridized carbons (Fsp3) is 0.100. The molecular formula is C10H8O2S. The molecule has 1 aromatic carbocycles. The molecule has 0 saturated carbocycles. The summed E-state index contributed by atoms with van der Waals surface area (Å²) in [5.41, 5.74) is 0.294. The highest BCUT2D eigenvalue weighted by atomic mass is 32.2. The maximum Gasteiger partial charge on any atom is 0.335 e. The lowest BCUT2D eigenvalue weighted by Gasteiger charge is -1.98. The van der Waals surface area contributed by atoms with Gasteiger partial charge in [0.1, 0.15) is 0 Å². The summed E-state index contributed by atoms with van der Waals surface area (Å²) in [4.78, 5) is 11.5. The Balaban J connectivity index is 2.80. The summed E-state index contributed by atoms with van der Waals surface area (Å²) < 4.78 is 0. The Labute approximate surface area is 81.0 Å². The number of carbonyl (C=O) groups is 1. The van der Waals surface area contributed by atoms with Gasteiger partial charge in [-0.3, -0.25) is 0 Å². The van der Waals surface area contributed by atoms with Gasteiger partial charge in [0.05, 0.1) is 11.3 Å². The average molecular weight is 192 g/mol. The van der Waals surface area contributed by atoms with E-state index in [2.05, 4.69) is 5.92 Å². The Hall–Kier alpha value is -1.40. The van der Waals surface area contributed by atoms with Crippen LogP contribution in [0.4, 0.5) is 0 Å². The first kappa shape index (κ1) is 9.69. The van der Waals surface area contributed by atoms with Crippen molar-refractivity contribution < 1.29 is 9.90 Å². The third kappa shape index (κ3) is 2.85. The van der Waals surface area contributed by atoms with Crippen LogP contribution in [0.15, 0.2) is 29.2 Å². The van der Waals surface area contributed by atoms with Crippen LogP contribution in [-0.2, 0) is 0 Å². The molecule has 0 amide bonds. The van der Waals surface area contributed by atoms with E-state index in [1.54, 1.807) is 18.2 Å². The molecule has 0 atom stereocenters. The molecule has 3 heteroatoms. The first-order valence-electron chi connectivity index (χ1n) is 3.63. The quantitative estimate of drug-likeness (QED) is 0.588. The Morgan fingerprint density at radius 1 is 1.62 bits per heavy atom. The van der Waals surface area contributed by atoms with E-state index in [9.17, 15) is 4.79 Å². The fourth-order valence-electron chi connectivity index (χ4n) is 0.844. The minimum atomic E-state index is -0.914. The predicted octanol–water partition coefficient (Wildman–Crippen LogP) is 2.11. The standard InChI is InChI=1S/C10H8O2S/c1-2-6-13-9-5-3-4-8(7-9)10(11)12/h1,3-5,7H,6H2,(H,11,12). The lowest BCUT2D eigenvalue weighted by atomic mass is 10.2. The number of carboxylic acid groups (broad SMARTS) is 1. The summed E-state index contributed by atoms with van der Waals surface area (Å²) in [6.45, 7) is 0. The van der Waals surface area contributed by atoms with Crippen LogP contribution in [0.1, 0.15) is 10.4 Å². The maximum atomic E-state index is 10.6. The Morgan fingerprint density at radius 2 is 2.38 bits per heavy atom. The first-order valence-corrected chi connectivity index (χ1v) is 4.62. The lowest BCUT2D eigenvalue weighted by Crippen LogP contribution is -1.95. The van der Waals surface area contributed by atoms with Gasteiger partial charge in [-0.25, -0.2) is 4.79 Å². The first-order chi connectivity index (χ1) is 6.24. The van der Waals surface area contributed by atoms with Crippen molar-refractivity contribution in [3.8, 4) is 12.3 Å². The summed E-state index contributed by atoms with van der Waals surface area (Å²) >= 11 is 1.45. The lowest BCUT2D eigenvalue weighted by molar-refractivity contribution is 0.0696. The highest BCUT2D eigenvalue weighted by Gasteiger charge is 2.02. The molecule has 0 spiro atoms. The van der Waals surface area contributed by atoms with Crippen molar-refractivity contribution in [2.24, 2.45) is 0 Å². The minimum Gasteiger partial charge on any atom is -0.478 e. The number of aromatic carboxylic acids is 1.